The highest BCUT2D eigenvalue weighted by atomic mass is 32.2. The second-order valence-corrected chi connectivity index (χ2v) is 5.14. The Hall–Kier alpha value is -1.54. The fraction of sp³-hybridized carbons (Fsp3) is 0.364. The fourth-order valence-electron chi connectivity index (χ4n) is 1.24. The molecule has 1 unspecified atom stereocenters. The van der Waals surface area contributed by atoms with Crippen molar-refractivity contribution < 1.29 is 4.21 Å². The van der Waals surface area contributed by atoms with Gasteiger partial charge < -0.3 is 11.1 Å². The van der Waals surface area contributed by atoms with Crippen LogP contribution >= 0.6 is 0 Å². The Morgan fingerprint density at radius 2 is 2.31 bits per heavy atom. The number of anilines is 2. The minimum Gasteiger partial charge on any atom is -0.397 e. The SMILES string of the molecule is CCS(=O)CCNc1ccc(C#N)cc1N. The molecule has 1 atom stereocenters. The number of rotatable bonds is 5. The van der Waals surface area contributed by atoms with Gasteiger partial charge in [-0.25, -0.2) is 0 Å². The van der Waals surface area contributed by atoms with Crippen molar-refractivity contribution in [2.45, 2.75) is 6.92 Å². The molecule has 1 aromatic carbocycles. The lowest BCUT2D eigenvalue weighted by molar-refractivity contribution is 0.684. The van der Waals surface area contributed by atoms with Crippen LogP contribution in [0.3, 0.4) is 0 Å². The number of nitrogens with two attached hydrogens (primary N) is 1. The van der Waals surface area contributed by atoms with Gasteiger partial charge in [0.25, 0.3) is 0 Å². The maximum atomic E-state index is 11.2. The van der Waals surface area contributed by atoms with Crippen LogP contribution in [0.5, 0.6) is 0 Å². The molecule has 0 spiro atoms. The van der Waals surface area contributed by atoms with Crippen molar-refractivity contribution in [3.63, 3.8) is 0 Å². The monoisotopic (exact) mass is 237 g/mol. The third kappa shape index (κ3) is 3.55. The summed E-state index contributed by atoms with van der Waals surface area (Å²) in [5.41, 5.74) is 7.63. The minimum atomic E-state index is -0.769. The second-order valence-electron chi connectivity index (χ2n) is 3.27. The highest BCUT2D eigenvalue weighted by molar-refractivity contribution is 7.84. The Kier molecular flexibility index (Phi) is 4.80. The molecule has 5 heteroatoms. The van der Waals surface area contributed by atoms with Crippen LogP contribution < -0.4 is 11.1 Å². The summed E-state index contributed by atoms with van der Waals surface area (Å²) in [6.07, 6.45) is 0. The van der Waals surface area contributed by atoms with E-state index in [2.05, 4.69) is 5.32 Å². The van der Waals surface area contributed by atoms with Gasteiger partial charge in [0.2, 0.25) is 0 Å². The first-order chi connectivity index (χ1) is 7.67. The van der Waals surface area contributed by atoms with Crippen LogP contribution in [0.25, 0.3) is 0 Å². The van der Waals surface area contributed by atoms with Gasteiger partial charge in [-0.3, -0.25) is 4.21 Å². The van der Waals surface area contributed by atoms with Gasteiger partial charge in [0, 0.05) is 28.9 Å². The average Bonchev–Trinajstić information content (AvgIpc) is 2.30. The lowest BCUT2D eigenvalue weighted by Gasteiger charge is -2.08. The maximum Gasteiger partial charge on any atom is 0.0992 e. The Morgan fingerprint density at radius 1 is 1.56 bits per heavy atom. The van der Waals surface area contributed by atoms with E-state index in [0.29, 0.717) is 29.3 Å². The largest absolute Gasteiger partial charge is 0.397 e. The molecule has 1 rings (SSSR count). The van der Waals surface area contributed by atoms with Crippen LogP contribution in [0.2, 0.25) is 0 Å². The second kappa shape index (κ2) is 6.13. The molecule has 1 aromatic rings. The van der Waals surface area contributed by atoms with E-state index in [1.165, 1.54) is 0 Å². The number of nitrogens with zero attached hydrogens (tertiary/aromatic N) is 1. The molecule has 0 amide bonds. The molecule has 4 nitrogen and oxygen atoms in total. The zero-order valence-electron chi connectivity index (χ0n) is 9.19. The molecule has 0 radical (unpaired) electrons. The van der Waals surface area contributed by atoms with Crippen molar-refractivity contribution in [2.75, 3.05) is 29.1 Å². The average molecular weight is 237 g/mol. The van der Waals surface area contributed by atoms with Gasteiger partial charge in [0.15, 0.2) is 0 Å². The summed E-state index contributed by atoms with van der Waals surface area (Å²) in [7, 11) is -0.769. The third-order valence-corrected chi connectivity index (χ3v) is 3.45. The van der Waals surface area contributed by atoms with Crippen LogP contribution in [0.15, 0.2) is 18.2 Å². The number of hydrogen-bond donors (Lipinski definition) is 2. The maximum absolute atomic E-state index is 11.2. The summed E-state index contributed by atoms with van der Waals surface area (Å²) < 4.78 is 11.2. The normalized spacial score (nSPS) is 11.8. The number of benzene rings is 1. The number of nitrogen functional groups attached to an aromatic ring is 1. The molecule has 0 fully saturated rings. The predicted molar refractivity (Wildman–Crippen MR) is 67.6 cm³/mol. The van der Waals surface area contributed by atoms with Crippen molar-refractivity contribution in [1.82, 2.24) is 0 Å². The molecule has 3 N–H and O–H groups in total. The molecule has 0 heterocycles. The van der Waals surface area contributed by atoms with Crippen LogP contribution in [-0.2, 0) is 10.8 Å². The Bertz CT molecular complexity index is 426. The van der Waals surface area contributed by atoms with Gasteiger partial charge in [0.05, 0.1) is 23.0 Å². The van der Waals surface area contributed by atoms with Gasteiger partial charge in [-0.2, -0.15) is 5.26 Å². The molecule has 16 heavy (non-hydrogen) atoms. The molecule has 0 aliphatic carbocycles. The predicted octanol–water partition coefficient (Wildman–Crippen LogP) is 1.32. The van der Waals surface area contributed by atoms with Crippen LogP contribution in [0, 0.1) is 11.3 Å². The van der Waals surface area contributed by atoms with Crippen molar-refractivity contribution in [2.24, 2.45) is 0 Å². The van der Waals surface area contributed by atoms with Crippen molar-refractivity contribution in [3.05, 3.63) is 23.8 Å². The summed E-state index contributed by atoms with van der Waals surface area (Å²) in [5.74, 6) is 1.28. The van der Waals surface area contributed by atoms with E-state index in [1.54, 1.807) is 18.2 Å². The molecule has 0 bridgehead atoms. The Balaban J connectivity index is 2.55. The van der Waals surface area contributed by atoms with E-state index in [-0.39, 0.29) is 0 Å². The fourth-order valence-corrected chi connectivity index (χ4v) is 1.86. The first-order valence-electron chi connectivity index (χ1n) is 5.05. The van der Waals surface area contributed by atoms with E-state index in [0.717, 1.165) is 5.69 Å². The van der Waals surface area contributed by atoms with E-state index in [1.807, 2.05) is 13.0 Å². The Labute approximate surface area is 97.9 Å². The molecule has 0 aliphatic heterocycles. The van der Waals surface area contributed by atoms with Gasteiger partial charge in [-0.05, 0) is 18.2 Å². The van der Waals surface area contributed by atoms with Gasteiger partial charge in [0.1, 0.15) is 0 Å². The molecular weight excluding hydrogens is 222 g/mol. The van der Waals surface area contributed by atoms with Gasteiger partial charge >= 0.3 is 0 Å². The topological polar surface area (TPSA) is 78.9 Å². The highest BCUT2D eigenvalue weighted by Crippen LogP contribution is 2.18. The molecule has 0 saturated carbocycles. The summed E-state index contributed by atoms with van der Waals surface area (Å²) >= 11 is 0. The van der Waals surface area contributed by atoms with E-state index >= 15 is 0 Å². The lowest BCUT2D eigenvalue weighted by atomic mass is 10.2. The number of hydrogen-bond acceptors (Lipinski definition) is 4. The van der Waals surface area contributed by atoms with E-state index in [4.69, 9.17) is 11.0 Å². The summed E-state index contributed by atoms with van der Waals surface area (Å²) in [5, 5.41) is 11.8. The van der Waals surface area contributed by atoms with Crippen LogP contribution in [-0.4, -0.2) is 22.3 Å². The minimum absolute atomic E-state index is 0.542. The van der Waals surface area contributed by atoms with Crippen LogP contribution in [0.1, 0.15) is 12.5 Å². The zero-order chi connectivity index (χ0) is 12.0. The van der Waals surface area contributed by atoms with Gasteiger partial charge in [-0.15, -0.1) is 0 Å². The third-order valence-electron chi connectivity index (χ3n) is 2.15. The summed E-state index contributed by atoms with van der Waals surface area (Å²) in [6.45, 7) is 2.52. The molecular formula is C11H15N3OS. The van der Waals surface area contributed by atoms with Crippen molar-refractivity contribution in [3.8, 4) is 6.07 Å². The highest BCUT2D eigenvalue weighted by Gasteiger charge is 2.01. The van der Waals surface area contributed by atoms with Crippen molar-refractivity contribution in [1.29, 1.82) is 5.26 Å². The zero-order valence-corrected chi connectivity index (χ0v) is 10.0. The lowest BCUT2D eigenvalue weighted by Crippen LogP contribution is -2.12. The summed E-state index contributed by atoms with van der Waals surface area (Å²) in [6, 6.07) is 7.12. The summed E-state index contributed by atoms with van der Waals surface area (Å²) in [4.78, 5) is 0. The van der Waals surface area contributed by atoms with Crippen molar-refractivity contribution >= 4 is 22.2 Å². The standard InChI is InChI=1S/C11H15N3OS/c1-2-16(15)6-5-14-11-4-3-9(8-12)7-10(11)13/h3-4,7,14H,2,5-6,13H2,1H3. The van der Waals surface area contributed by atoms with Crippen LogP contribution in [0.4, 0.5) is 11.4 Å². The van der Waals surface area contributed by atoms with E-state index < -0.39 is 10.8 Å². The molecule has 0 aromatic heterocycles. The van der Waals surface area contributed by atoms with E-state index in [9.17, 15) is 4.21 Å². The van der Waals surface area contributed by atoms with Gasteiger partial charge in [-0.1, -0.05) is 6.92 Å². The number of nitrogens with one attached hydrogen (secondary N) is 1. The Morgan fingerprint density at radius 3 is 2.88 bits per heavy atom. The first-order valence-corrected chi connectivity index (χ1v) is 6.54. The first kappa shape index (κ1) is 12.5. The smallest absolute Gasteiger partial charge is 0.0992 e. The number of nitriles is 1. The molecule has 0 aliphatic rings. The quantitative estimate of drug-likeness (QED) is 0.757. The molecule has 86 valence electrons. The molecule has 0 saturated heterocycles.